The van der Waals surface area contributed by atoms with Gasteiger partial charge in [0, 0.05) is 17.7 Å². The number of nitrogens with one attached hydrogen (secondary N) is 1. The number of hydrogen-bond donors (Lipinski definition) is 1. The van der Waals surface area contributed by atoms with E-state index in [9.17, 15) is 0 Å². The fourth-order valence-electron chi connectivity index (χ4n) is 2.19. The van der Waals surface area contributed by atoms with Gasteiger partial charge in [-0.25, -0.2) is 4.98 Å². The zero-order valence-electron chi connectivity index (χ0n) is 10.9. The average molecular weight is 248 g/mol. The third kappa shape index (κ3) is 2.58. The van der Waals surface area contributed by atoms with Crippen molar-refractivity contribution in [1.29, 1.82) is 0 Å². The molecule has 19 heavy (non-hydrogen) atoms. The van der Waals surface area contributed by atoms with Crippen LogP contribution in [0.5, 0.6) is 0 Å². The summed E-state index contributed by atoms with van der Waals surface area (Å²) in [6, 6.07) is 20.7. The van der Waals surface area contributed by atoms with Crippen molar-refractivity contribution in [3.8, 4) is 11.4 Å². The third-order valence-corrected chi connectivity index (χ3v) is 3.25. The van der Waals surface area contributed by atoms with Crippen LogP contribution in [0.25, 0.3) is 11.4 Å². The monoisotopic (exact) mass is 248 g/mol. The van der Waals surface area contributed by atoms with E-state index in [-0.39, 0.29) is 0 Å². The largest absolute Gasteiger partial charge is 0.342 e. The van der Waals surface area contributed by atoms with Crippen LogP contribution in [0.1, 0.15) is 17.0 Å². The van der Waals surface area contributed by atoms with Crippen LogP contribution in [0.2, 0.25) is 0 Å². The number of benzene rings is 2. The van der Waals surface area contributed by atoms with E-state index in [4.69, 9.17) is 4.98 Å². The zero-order chi connectivity index (χ0) is 13.1. The highest BCUT2D eigenvalue weighted by atomic mass is 14.9. The number of nitrogens with zero attached hydrogens (tertiary/aromatic N) is 1. The molecule has 0 atom stereocenters. The molecule has 0 spiro atoms. The van der Waals surface area contributed by atoms with Crippen LogP contribution >= 0.6 is 0 Å². The van der Waals surface area contributed by atoms with Gasteiger partial charge in [-0.1, -0.05) is 60.7 Å². The van der Waals surface area contributed by atoms with Crippen molar-refractivity contribution < 1.29 is 0 Å². The highest BCUT2D eigenvalue weighted by Gasteiger charge is 2.08. The van der Waals surface area contributed by atoms with Gasteiger partial charge in [-0.15, -0.1) is 0 Å². The van der Waals surface area contributed by atoms with E-state index >= 15 is 0 Å². The summed E-state index contributed by atoms with van der Waals surface area (Å²) in [5.41, 5.74) is 4.68. The Morgan fingerprint density at radius 1 is 0.895 bits per heavy atom. The molecule has 94 valence electrons. The van der Waals surface area contributed by atoms with Crippen LogP contribution in [-0.4, -0.2) is 9.97 Å². The van der Waals surface area contributed by atoms with Crippen molar-refractivity contribution in [2.45, 2.75) is 13.3 Å². The Morgan fingerprint density at radius 2 is 1.53 bits per heavy atom. The SMILES string of the molecule is Cc1[nH]c(-c2ccccc2)nc1Cc1ccccc1. The first-order valence-corrected chi connectivity index (χ1v) is 6.48. The highest BCUT2D eigenvalue weighted by molar-refractivity contribution is 5.55. The lowest BCUT2D eigenvalue weighted by Gasteiger charge is -1.98. The topological polar surface area (TPSA) is 28.7 Å². The van der Waals surface area contributed by atoms with Gasteiger partial charge in [0.2, 0.25) is 0 Å². The van der Waals surface area contributed by atoms with Crippen LogP contribution in [0, 0.1) is 6.92 Å². The lowest BCUT2D eigenvalue weighted by atomic mass is 10.1. The Hall–Kier alpha value is -2.35. The summed E-state index contributed by atoms with van der Waals surface area (Å²) in [5.74, 6) is 0.948. The number of rotatable bonds is 3. The molecule has 0 radical (unpaired) electrons. The summed E-state index contributed by atoms with van der Waals surface area (Å²) < 4.78 is 0. The minimum absolute atomic E-state index is 0.871. The molecule has 0 saturated carbocycles. The fraction of sp³-hybridized carbons (Fsp3) is 0.118. The standard InChI is InChI=1S/C17H16N2/c1-13-16(12-14-8-4-2-5-9-14)19-17(18-13)15-10-6-3-7-11-15/h2-11H,12H2,1H3,(H,18,19). The number of H-pyrrole nitrogens is 1. The van der Waals surface area contributed by atoms with Gasteiger partial charge in [0.1, 0.15) is 5.82 Å². The van der Waals surface area contributed by atoms with Gasteiger partial charge in [-0.2, -0.15) is 0 Å². The second kappa shape index (κ2) is 5.11. The van der Waals surface area contributed by atoms with Crippen LogP contribution in [0.3, 0.4) is 0 Å². The smallest absolute Gasteiger partial charge is 0.137 e. The van der Waals surface area contributed by atoms with E-state index in [1.54, 1.807) is 0 Å². The van der Waals surface area contributed by atoms with Gasteiger partial charge >= 0.3 is 0 Å². The molecule has 2 aromatic carbocycles. The summed E-state index contributed by atoms with van der Waals surface area (Å²) in [6.07, 6.45) is 0.871. The quantitative estimate of drug-likeness (QED) is 0.746. The Balaban J connectivity index is 1.90. The molecule has 0 aliphatic heterocycles. The van der Waals surface area contributed by atoms with Gasteiger partial charge < -0.3 is 4.98 Å². The third-order valence-electron chi connectivity index (χ3n) is 3.25. The number of hydrogen-bond acceptors (Lipinski definition) is 1. The molecule has 0 aliphatic rings. The molecule has 1 aromatic heterocycles. The van der Waals surface area contributed by atoms with Gasteiger partial charge in [0.15, 0.2) is 0 Å². The number of aromatic nitrogens is 2. The van der Waals surface area contributed by atoms with Crippen molar-refractivity contribution in [3.63, 3.8) is 0 Å². The Bertz CT molecular complexity index is 654. The van der Waals surface area contributed by atoms with Crippen LogP contribution in [-0.2, 0) is 6.42 Å². The average Bonchev–Trinajstić information content (AvgIpc) is 2.82. The molecule has 2 heteroatoms. The zero-order valence-corrected chi connectivity index (χ0v) is 10.9. The maximum absolute atomic E-state index is 4.72. The molecule has 1 N–H and O–H groups in total. The van der Waals surface area contributed by atoms with Crippen LogP contribution in [0.15, 0.2) is 60.7 Å². The minimum Gasteiger partial charge on any atom is -0.342 e. The summed E-state index contributed by atoms with van der Waals surface area (Å²) in [7, 11) is 0. The highest BCUT2D eigenvalue weighted by Crippen LogP contribution is 2.19. The van der Waals surface area contributed by atoms with E-state index < -0.39 is 0 Å². The first-order valence-electron chi connectivity index (χ1n) is 6.48. The molecule has 0 aliphatic carbocycles. The van der Waals surface area contributed by atoms with Crippen molar-refractivity contribution in [3.05, 3.63) is 77.6 Å². The van der Waals surface area contributed by atoms with Gasteiger partial charge in [0.05, 0.1) is 5.69 Å². The molecule has 0 saturated heterocycles. The van der Waals surface area contributed by atoms with Gasteiger partial charge in [-0.05, 0) is 12.5 Å². The first-order chi connectivity index (χ1) is 9.33. The summed E-state index contributed by atoms with van der Waals surface area (Å²) in [6.45, 7) is 2.08. The van der Waals surface area contributed by atoms with Crippen molar-refractivity contribution in [1.82, 2.24) is 9.97 Å². The van der Waals surface area contributed by atoms with Crippen LogP contribution < -0.4 is 0 Å². The number of imidazole rings is 1. The molecule has 0 amide bonds. The Morgan fingerprint density at radius 3 is 2.21 bits per heavy atom. The molecular weight excluding hydrogens is 232 g/mol. The van der Waals surface area contributed by atoms with E-state index in [2.05, 4.69) is 48.3 Å². The van der Waals surface area contributed by atoms with Gasteiger partial charge in [-0.3, -0.25) is 0 Å². The van der Waals surface area contributed by atoms with Crippen LogP contribution in [0.4, 0.5) is 0 Å². The molecule has 3 rings (SSSR count). The molecule has 1 heterocycles. The molecule has 3 aromatic rings. The first kappa shape index (κ1) is 11.7. The molecular formula is C17H16N2. The van der Waals surface area contributed by atoms with E-state index in [0.717, 1.165) is 29.2 Å². The van der Waals surface area contributed by atoms with Crippen molar-refractivity contribution in [2.75, 3.05) is 0 Å². The number of aryl methyl sites for hydroxylation is 1. The minimum atomic E-state index is 0.871. The summed E-state index contributed by atoms with van der Waals surface area (Å²) >= 11 is 0. The summed E-state index contributed by atoms with van der Waals surface area (Å²) in [4.78, 5) is 8.09. The maximum Gasteiger partial charge on any atom is 0.137 e. The normalized spacial score (nSPS) is 10.6. The Kier molecular flexibility index (Phi) is 3.15. The lowest BCUT2D eigenvalue weighted by molar-refractivity contribution is 1.08. The number of aromatic amines is 1. The Labute approximate surface area is 113 Å². The van der Waals surface area contributed by atoms with E-state index in [1.807, 2.05) is 24.3 Å². The van der Waals surface area contributed by atoms with Crippen molar-refractivity contribution in [2.24, 2.45) is 0 Å². The predicted molar refractivity (Wildman–Crippen MR) is 78.0 cm³/mol. The van der Waals surface area contributed by atoms with E-state index in [1.165, 1.54) is 5.56 Å². The molecule has 2 nitrogen and oxygen atoms in total. The fourth-order valence-corrected chi connectivity index (χ4v) is 2.19. The predicted octanol–water partition coefficient (Wildman–Crippen LogP) is 3.98. The maximum atomic E-state index is 4.72. The van der Waals surface area contributed by atoms with E-state index in [0.29, 0.717) is 0 Å². The van der Waals surface area contributed by atoms with Crippen molar-refractivity contribution >= 4 is 0 Å². The molecule has 0 unspecified atom stereocenters. The summed E-state index contributed by atoms with van der Waals surface area (Å²) in [5, 5.41) is 0. The second-order valence-corrected chi connectivity index (χ2v) is 4.69. The second-order valence-electron chi connectivity index (χ2n) is 4.69. The van der Waals surface area contributed by atoms with Gasteiger partial charge in [0.25, 0.3) is 0 Å². The lowest BCUT2D eigenvalue weighted by Crippen LogP contribution is -1.90. The molecule has 0 fully saturated rings. The molecule has 0 bridgehead atoms.